The van der Waals surface area contributed by atoms with Crippen molar-refractivity contribution in [3.05, 3.63) is 83.7 Å². The van der Waals surface area contributed by atoms with Gasteiger partial charge in [-0.1, -0.05) is 24.3 Å². The van der Waals surface area contributed by atoms with Crippen LogP contribution in [0.1, 0.15) is 23.5 Å². The van der Waals surface area contributed by atoms with Gasteiger partial charge in [0.25, 0.3) is 0 Å². The minimum absolute atomic E-state index is 0.205. The Kier molecular flexibility index (Phi) is 6.35. The average molecular weight is 450 g/mol. The number of methoxy groups -OCH3 is 1. The fraction of sp³-hybridized carbons (Fsp3) is 0.333. The van der Waals surface area contributed by atoms with E-state index in [0.717, 1.165) is 43.3 Å². The molecule has 33 heavy (non-hydrogen) atoms. The Balaban J connectivity index is 1.30. The predicted octanol–water partition coefficient (Wildman–Crippen LogP) is 5.25. The Bertz CT molecular complexity index is 1070. The Labute approximate surface area is 193 Å². The molecule has 0 unspecified atom stereocenters. The summed E-state index contributed by atoms with van der Waals surface area (Å²) >= 11 is 0. The number of hydrogen-bond donors (Lipinski definition) is 0. The van der Waals surface area contributed by atoms with E-state index >= 15 is 0 Å². The predicted molar refractivity (Wildman–Crippen MR) is 124 cm³/mol. The first-order valence-electron chi connectivity index (χ1n) is 11.3. The van der Waals surface area contributed by atoms with Crippen LogP contribution in [0.5, 0.6) is 23.0 Å². The maximum Gasteiger partial charge on any atom is 0.231 e. The van der Waals surface area contributed by atoms with Crippen molar-refractivity contribution in [3.63, 3.8) is 0 Å². The van der Waals surface area contributed by atoms with Crippen LogP contribution in [0.25, 0.3) is 0 Å². The van der Waals surface area contributed by atoms with Crippen LogP contribution in [0.15, 0.2) is 66.7 Å². The highest BCUT2D eigenvalue weighted by Gasteiger charge is 2.31. The minimum Gasteiger partial charge on any atom is -0.497 e. The van der Waals surface area contributed by atoms with Gasteiger partial charge >= 0.3 is 0 Å². The zero-order chi connectivity index (χ0) is 22.6. The normalized spacial score (nSPS) is 19.9. The van der Waals surface area contributed by atoms with Crippen molar-refractivity contribution in [1.29, 1.82) is 0 Å². The molecule has 172 valence electrons. The molecule has 2 atom stereocenters. The third-order valence-electron chi connectivity index (χ3n) is 6.49. The van der Waals surface area contributed by atoms with Gasteiger partial charge in [-0.3, -0.25) is 4.90 Å². The van der Waals surface area contributed by atoms with Crippen LogP contribution < -0.4 is 18.9 Å². The molecule has 3 aromatic rings. The zero-order valence-corrected chi connectivity index (χ0v) is 18.7. The first kappa shape index (κ1) is 21.6. The van der Waals surface area contributed by atoms with Gasteiger partial charge in [0.15, 0.2) is 11.5 Å². The molecule has 0 N–H and O–H groups in total. The lowest BCUT2D eigenvalue weighted by Crippen LogP contribution is -2.41. The van der Waals surface area contributed by atoms with Crippen molar-refractivity contribution < 1.29 is 23.3 Å². The van der Waals surface area contributed by atoms with Crippen LogP contribution in [-0.2, 0) is 6.54 Å². The van der Waals surface area contributed by atoms with E-state index in [4.69, 9.17) is 18.9 Å². The lowest BCUT2D eigenvalue weighted by atomic mass is 9.80. The SMILES string of the molecule is COc1ccc(CN2CC[C@@H](c3ccc(F)cc3)[C@H](COc3ccc4c(c3)OCO4)C2)cc1. The second-order valence-electron chi connectivity index (χ2n) is 8.62. The van der Waals surface area contributed by atoms with E-state index in [0.29, 0.717) is 18.3 Å². The Morgan fingerprint density at radius 3 is 2.48 bits per heavy atom. The molecule has 0 bridgehead atoms. The second kappa shape index (κ2) is 9.71. The first-order valence-corrected chi connectivity index (χ1v) is 11.3. The van der Waals surface area contributed by atoms with E-state index in [2.05, 4.69) is 17.0 Å². The molecule has 0 saturated carbocycles. The fourth-order valence-electron chi connectivity index (χ4n) is 4.73. The van der Waals surface area contributed by atoms with Gasteiger partial charge in [0, 0.05) is 25.1 Å². The molecule has 1 saturated heterocycles. The molecule has 0 spiro atoms. The Morgan fingerprint density at radius 1 is 0.939 bits per heavy atom. The summed E-state index contributed by atoms with van der Waals surface area (Å²) < 4.78 is 35.9. The van der Waals surface area contributed by atoms with Crippen LogP contribution in [0.3, 0.4) is 0 Å². The van der Waals surface area contributed by atoms with Gasteiger partial charge in [0.2, 0.25) is 6.79 Å². The summed E-state index contributed by atoms with van der Waals surface area (Å²) in [5, 5.41) is 0. The van der Waals surface area contributed by atoms with Crippen molar-refractivity contribution >= 4 is 0 Å². The van der Waals surface area contributed by atoms with Gasteiger partial charge in [-0.15, -0.1) is 0 Å². The monoisotopic (exact) mass is 449 g/mol. The summed E-state index contributed by atoms with van der Waals surface area (Å²) in [6.45, 7) is 3.57. The van der Waals surface area contributed by atoms with Gasteiger partial charge in [-0.2, -0.15) is 0 Å². The smallest absolute Gasteiger partial charge is 0.231 e. The number of benzene rings is 3. The largest absolute Gasteiger partial charge is 0.497 e. The molecule has 2 heterocycles. The molecule has 1 fully saturated rings. The van der Waals surface area contributed by atoms with Crippen LogP contribution in [0.2, 0.25) is 0 Å². The van der Waals surface area contributed by atoms with Crippen molar-refractivity contribution in [2.24, 2.45) is 5.92 Å². The number of likely N-dealkylation sites (tertiary alicyclic amines) is 1. The molecule has 0 aliphatic carbocycles. The fourth-order valence-corrected chi connectivity index (χ4v) is 4.73. The van der Waals surface area contributed by atoms with E-state index < -0.39 is 0 Å². The summed E-state index contributed by atoms with van der Waals surface area (Å²) in [5.41, 5.74) is 2.42. The zero-order valence-electron chi connectivity index (χ0n) is 18.7. The molecule has 2 aliphatic heterocycles. The number of nitrogens with zero attached hydrogens (tertiary/aromatic N) is 1. The number of hydrogen-bond acceptors (Lipinski definition) is 5. The number of fused-ring (bicyclic) bond motifs is 1. The van der Waals surface area contributed by atoms with E-state index in [9.17, 15) is 4.39 Å². The molecule has 2 aliphatic rings. The molecule has 6 heteroatoms. The van der Waals surface area contributed by atoms with Gasteiger partial charge in [-0.05, 0) is 66.4 Å². The molecule has 5 rings (SSSR count). The van der Waals surface area contributed by atoms with E-state index in [-0.39, 0.29) is 18.5 Å². The van der Waals surface area contributed by atoms with Crippen molar-refractivity contribution in [3.8, 4) is 23.0 Å². The summed E-state index contributed by atoms with van der Waals surface area (Å²) in [5.74, 6) is 3.47. The van der Waals surface area contributed by atoms with Gasteiger partial charge < -0.3 is 18.9 Å². The minimum atomic E-state index is -0.205. The number of ether oxygens (including phenoxy) is 4. The maximum absolute atomic E-state index is 13.5. The Hall–Kier alpha value is -3.25. The molecule has 0 radical (unpaired) electrons. The summed E-state index contributed by atoms with van der Waals surface area (Å²) in [7, 11) is 1.68. The second-order valence-corrected chi connectivity index (χ2v) is 8.62. The van der Waals surface area contributed by atoms with Crippen molar-refractivity contribution in [1.82, 2.24) is 4.90 Å². The van der Waals surface area contributed by atoms with E-state index in [1.54, 1.807) is 19.2 Å². The molecular weight excluding hydrogens is 421 g/mol. The maximum atomic E-state index is 13.5. The van der Waals surface area contributed by atoms with Crippen molar-refractivity contribution in [2.75, 3.05) is 33.6 Å². The highest BCUT2D eigenvalue weighted by Crippen LogP contribution is 2.37. The van der Waals surface area contributed by atoms with Crippen LogP contribution >= 0.6 is 0 Å². The third-order valence-corrected chi connectivity index (χ3v) is 6.49. The lowest BCUT2D eigenvalue weighted by molar-refractivity contribution is 0.106. The third kappa shape index (κ3) is 5.06. The highest BCUT2D eigenvalue weighted by atomic mass is 19.1. The number of rotatable bonds is 7. The lowest BCUT2D eigenvalue weighted by Gasteiger charge is -2.39. The molecule has 0 aromatic heterocycles. The first-order chi connectivity index (χ1) is 16.2. The molecule has 0 amide bonds. The summed E-state index contributed by atoms with van der Waals surface area (Å²) in [6.07, 6.45) is 0.997. The van der Waals surface area contributed by atoms with Gasteiger partial charge in [-0.25, -0.2) is 4.39 Å². The highest BCUT2D eigenvalue weighted by molar-refractivity contribution is 5.46. The van der Waals surface area contributed by atoms with Crippen LogP contribution in [0, 0.1) is 11.7 Å². The van der Waals surface area contributed by atoms with Crippen molar-refractivity contribution in [2.45, 2.75) is 18.9 Å². The number of halogens is 1. The number of piperidine rings is 1. The standard InChI is InChI=1S/C27H28FNO4/c1-30-23-8-2-19(3-9-23)15-29-13-12-25(20-4-6-22(28)7-5-20)21(16-29)17-31-24-10-11-26-27(14-24)33-18-32-26/h2-11,14,21,25H,12-13,15-18H2,1H3/t21-,25-/m0/s1. The molecule has 5 nitrogen and oxygen atoms in total. The van der Waals surface area contributed by atoms with E-state index in [1.165, 1.54) is 11.1 Å². The summed E-state index contributed by atoms with van der Waals surface area (Å²) in [6, 6.07) is 20.8. The molecule has 3 aromatic carbocycles. The summed E-state index contributed by atoms with van der Waals surface area (Å²) in [4.78, 5) is 2.47. The van der Waals surface area contributed by atoms with E-state index in [1.807, 2.05) is 42.5 Å². The Morgan fingerprint density at radius 2 is 1.70 bits per heavy atom. The quantitative estimate of drug-likeness (QED) is 0.493. The average Bonchev–Trinajstić information content (AvgIpc) is 3.32. The van der Waals surface area contributed by atoms with Gasteiger partial charge in [0.1, 0.15) is 17.3 Å². The van der Waals surface area contributed by atoms with Crippen LogP contribution in [-0.4, -0.2) is 38.5 Å². The topological polar surface area (TPSA) is 40.2 Å². The molecular formula is C27H28FNO4. The van der Waals surface area contributed by atoms with Crippen LogP contribution in [0.4, 0.5) is 4.39 Å². The van der Waals surface area contributed by atoms with Gasteiger partial charge in [0.05, 0.1) is 13.7 Å².